The highest BCUT2D eigenvalue weighted by atomic mass is 19.4. The number of fused-ring (bicyclic) bond motifs is 2. The van der Waals surface area contributed by atoms with Gasteiger partial charge >= 0.3 is 6.18 Å². The number of halogens is 6. The molecular formula is C33H26F6N4. The van der Waals surface area contributed by atoms with Crippen molar-refractivity contribution in [3.05, 3.63) is 119 Å². The number of nitrogens with one attached hydrogen (secondary N) is 1. The van der Waals surface area contributed by atoms with E-state index >= 15 is 0 Å². The Balaban J connectivity index is 1.38. The van der Waals surface area contributed by atoms with Gasteiger partial charge in [-0.1, -0.05) is 37.3 Å². The van der Waals surface area contributed by atoms with Crippen LogP contribution in [0.1, 0.15) is 30.0 Å². The third-order valence-electron chi connectivity index (χ3n) is 7.42. The maximum Gasteiger partial charge on any atom is 0.418 e. The molecule has 0 saturated heterocycles. The Hall–Kier alpha value is -4.73. The molecule has 10 heteroatoms. The molecule has 0 radical (unpaired) electrons. The van der Waals surface area contributed by atoms with Gasteiger partial charge in [0.1, 0.15) is 23.0 Å². The molecule has 0 saturated carbocycles. The Bertz CT molecular complexity index is 1930. The first-order valence-corrected chi connectivity index (χ1v) is 13.7. The Kier molecular flexibility index (Phi) is 7.37. The van der Waals surface area contributed by atoms with E-state index < -0.39 is 41.3 Å². The molecule has 6 rings (SSSR count). The molecule has 6 aromatic rings. The van der Waals surface area contributed by atoms with Crippen molar-refractivity contribution < 1.29 is 26.3 Å². The number of aryl methyl sites for hydroxylation is 1. The lowest BCUT2D eigenvalue weighted by Gasteiger charge is -2.13. The van der Waals surface area contributed by atoms with Crippen LogP contribution in [0.25, 0.3) is 33.1 Å². The third kappa shape index (κ3) is 5.57. The number of nitrogens with zero attached hydrogens (tertiary/aromatic N) is 3. The second-order valence-corrected chi connectivity index (χ2v) is 10.4. The summed E-state index contributed by atoms with van der Waals surface area (Å²) in [6.45, 7) is 3.00. The Labute approximate surface area is 243 Å². The van der Waals surface area contributed by atoms with E-state index in [9.17, 15) is 26.3 Å². The van der Waals surface area contributed by atoms with Crippen LogP contribution in [0.2, 0.25) is 0 Å². The van der Waals surface area contributed by atoms with Gasteiger partial charge in [0, 0.05) is 59.1 Å². The van der Waals surface area contributed by atoms with E-state index in [1.807, 2.05) is 12.1 Å². The molecule has 0 aliphatic carbocycles. The van der Waals surface area contributed by atoms with Crippen molar-refractivity contribution in [1.82, 2.24) is 14.3 Å². The van der Waals surface area contributed by atoms with E-state index in [1.165, 1.54) is 12.1 Å². The summed E-state index contributed by atoms with van der Waals surface area (Å²) in [5.41, 5.74) is 1.78. The van der Waals surface area contributed by atoms with Gasteiger partial charge in [0.2, 0.25) is 0 Å². The number of benzene rings is 4. The fourth-order valence-corrected chi connectivity index (χ4v) is 5.45. The molecule has 0 bridgehead atoms. The SMILES string of the molecule is CCCn1ccc2cc(CNc3cccc(-c4c5cccc(C(F)(F)F)c5nn4Cc4c(F)cc(F)cc4F)c3)ccc21. The van der Waals surface area contributed by atoms with Crippen LogP contribution in [-0.4, -0.2) is 14.3 Å². The molecule has 0 aliphatic rings. The first-order valence-electron chi connectivity index (χ1n) is 13.7. The first-order chi connectivity index (χ1) is 20.6. The molecule has 1 N–H and O–H groups in total. The molecule has 43 heavy (non-hydrogen) atoms. The molecule has 2 heterocycles. The van der Waals surface area contributed by atoms with E-state index in [0.29, 0.717) is 29.9 Å². The quantitative estimate of drug-likeness (QED) is 0.179. The zero-order valence-electron chi connectivity index (χ0n) is 23.0. The minimum absolute atomic E-state index is 0.164. The highest BCUT2D eigenvalue weighted by Crippen LogP contribution is 2.39. The van der Waals surface area contributed by atoms with E-state index in [-0.39, 0.29) is 16.6 Å². The van der Waals surface area contributed by atoms with Gasteiger partial charge in [-0.2, -0.15) is 18.3 Å². The molecule has 0 fully saturated rings. The molecule has 0 atom stereocenters. The zero-order valence-corrected chi connectivity index (χ0v) is 23.0. The predicted octanol–water partition coefficient (Wildman–Crippen LogP) is 9.16. The van der Waals surface area contributed by atoms with Crippen LogP contribution in [0.4, 0.5) is 32.0 Å². The average molecular weight is 593 g/mol. The van der Waals surface area contributed by atoms with Crippen molar-refractivity contribution in [3.63, 3.8) is 0 Å². The summed E-state index contributed by atoms with van der Waals surface area (Å²) in [5.74, 6) is -3.41. The molecule has 0 spiro atoms. The smallest absolute Gasteiger partial charge is 0.381 e. The maximum atomic E-state index is 14.6. The van der Waals surface area contributed by atoms with Gasteiger partial charge in [0.25, 0.3) is 0 Å². The first kappa shape index (κ1) is 28.4. The predicted molar refractivity (Wildman–Crippen MR) is 155 cm³/mol. The number of rotatable bonds is 8. The van der Waals surface area contributed by atoms with Gasteiger partial charge in [0.15, 0.2) is 0 Å². The topological polar surface area (TPSA) is 34.8 Å². The zero-order chi connectivity index (χ0) is 30.3. The summed E-state index contributed by atoms with van der Waals surface area (Å²) in [4.78, 5) is 0. The van der Waals surface area contributed by atoms with Gasteiger partial charge in [-0.15, -0.1) is 0 Å². The Morgan fingerprint density at radius 3 is 2.37 bits per heavy atom. The van der Waals surface area contributed by atoms with Crippen molar-refractivity contribution >= 4 is 27.5 Å². The van der Waals surface area contributed by atoms with Crippen LogP contribution in [-0.2, 0) is 25.8 Å². The highest BCUT2D eigenvalue weighted by Gasteiger charge is 2.34. The van der Waals surface area contributed by atoms with E-state index in [0.717, 1.165) is 40.2 Å². The number of alkyl halides is 3. The second-order valence-electron chi connectivity index (χ2n) is 10.4. The van der Waals surface area contributed by atoms with Crippen molar-refractivity contribution in [1.29, 1.82) is 0 Å². The number of anilines is 1. The maximum absolute atomic E-state index is 14.6. The van der Waals surface area contributed by atoms with Gasteiger partial charge in [-0.25, -0.2) is 13.2 Å². The van der Waals surface area contributed by atoms with E-state index in [1.54, 1.807) is 18.2 Å². The normalized spacial score (nSPS) is 12.0. The molecular weight excluding hydrogens is 566 g/mol. The van der Waals surface area contributed by atoms with Crippen LogP contribution in [0.3, 0.4) is 0 Å². The summed E-state index contributed by atoms with van der Waals surface area (Å²) >= 11 is 0. The minimum Gasteiger partial charge on any atom is -0.381 e. The highest BCUT2D eigenvalue weighted by molar-refractivity contribution is 5.96. The number of hydrogen-bond acceptors (Lipinski definition) is 2. The van der Waals surface area contributed by atoms with E-state index in [2.05, 4.69) is 46.3 Å². The van der Waals surface area contributed by atoms with Crippen LogP contribution in [0, 0.1) is 17.5 Å². The van der Waals surface area contributed by atoms with Crippen molar-refractivity contribution in [3.8, 4) is 11.3 Å². The van der Waals surface area contributed by atoms with Gasteiger partial charge in [-0.3, -0.25) is 4.68 Å². The third-order valence-corrected chi connectivity index (χ3v) is 7.42. The molecule has 2 aromatic heterocycles. The number of aromatic nitrogens is 3. The summed E-state index contributed by atoms with van der Waals surface area (Å²) in [6.07, 6.45) is -1.61. The van der Waals surface area contributed by atoms with Crippen molar-refractivity contribution in [2.24, 2.45) is 0 Å². The molecule has 0 unspecified atom stereocenters. The standard InChI is InChI=1S/C33H26F6N4/c1-2-12-42-13-11-21-14-20(9-10-30(21)42)18-40-24-6-3-5-22(15-24)32-25-7-4-8-27(33(37,38)39)31(25)41-43(32)19-26-28(35)16-23(34)17-29(26)36/h3-11,13-17,40H,2,12,18-19H2,1H3. The lowest BCUT2D eigenvalue weighted by molar-refractivity contribution is -0.136. The van der Waals surface area contributed by atoms with Crippen molar-refractivity contribution in [2.45, 2.75) is 39.2 Å². The fraction of sp³-hybridized carbons (Fsp3) is 0.182. The largest absolute Gasteiger partial charge is 0.418 e. The minimum atomic E-state index is -4.70. The van der Waals surface area contributed by atoms with Gasteiger partial charge in [-0.05, 0) is 53.8 Å². The molecule has 4 aromatic carbocycles. The summed E-state index contributed by atoms with van der Waals surface area (Å²) in [5, 5.41) is 8.82. The van der Waals surface area contributed by atoms with Crippen LogP contribution < -0.4 is 5.32 Å². The van der Waals surface area contributed by atoms with E-state index in [4.69, 9.17) is 0 Å². The molecule has 220 valence electrons. The summed E-state index contributed by atoms with van der Waals surface area (Å²) in [6, 6.07) is 20.0. The summed E-state index contributed by atoms with van der Waals surface area (Å²) < 4.78 is 87.8. The lowest BCUT2D eigenvalue weighted by atomic mass is 10.0. The van der Waals surface area contributed by atoms with Crippen LogP contribution in [0.15, 0.2) is 85.1 Å². The lowest BCUT2D eigenvalue weighted by Crippen LogP contribution is -2.09. The van der Waals surface area contributed by atoms with Crippen molar-refractivity contribution in [2.75, 3.05) is 5.32 Å². The van der Waals surface area contributed by atoms with Crippen LogP contribution >= 0.6 is 0 Å². The second kappa shape index (κ2) is 11.2. The molecule has 4 nitrogen and oxygen atoms in total. The molecule has 0 aliphatic heterocycles. The molecule has 0 amide bonds. The van der Waals surface area contributed by atoms with Gasteiger partial charge < -0.3 is 9.88 Å². The average Bonchev–Trinajstić information content (AvgIpc) is 3.54. The number of hydrogen-bond donors (Lipinski definition) is 1. The summed E-state index contributed by atoms with van der Waals surface area (Å²) in [7, 11) is 0. The monoisotopic (exact) mass is 592 g/mol. The fourth-order valence-electron chi connectivity index (χ4n) is 5.45. The Morgan fingerprint density at radius 2 is 1.63 bits per heavy atom. The van der Waals surface area contributed by atoms with Crippen LogP contribution in [0.5, 0.6) is 0 Å². The van der Waals surface area contributed by atoms with Gasteiger partial charge in [0.05, 0.1) is 17.8 Å². The Morgan fingerprint density at radius 1 is 0.860 bits per heavy atom.